The Morgan fingerprint density at radius 1 is 1.23 bits per heavy atom. The third-order valence-electron chi connectivity index (χ3n) is 1.34. The third kappa shape index (κ3) is 3.61. The van der Waals surface area contributed by atoms with Crippen LogP contribution in [0.15, 0.2) is 34.1 Å². The van der Waals surface area contributed by atoms with Crippen LogP contribution in [0.2, 0.25) is 0 Å². The van der Waals surface area contributed by atoms with Gasteiger partial charge in [0.15, 0.2) is 0 Å². The van der Waals surface area contributed by atoms with Crippen LogP contribution in [-0.4, -0.2) is 45.1 Å². The predicted molar refractivity (Wildman–Crippen MR) is 55.0 cm³/mol. The van der Waals surface area contributed by atoms with Gasteiger partial charge >= 0.3 is 29.6 Å². The van der Waals surface area contributed by atoms with Crippen molar-refractivity contribution in [2.75, 3.05) is 7.11 Å². The molecule has 1 aromatic carbocycles. The van der Waals surface area contributed by atoms with Gasteiger partial charge in [-0.15, -0.1) is 12.6 Å². The summed E-state index contributed by atoms with van der Waals surface area (Å²) >= 11 is 4.02. The third-order valence-corrected chi connectivity index (χ3v) is 2.93. The monoisotopic (exact) mass is 228 g/mol. The van der Waals surface area contributed by atoms with Gasteiger partial charge < -0.3 is 0 Å². The minimum absolute atomic E-state index is 0. The molecule has 0 heterocycles. The Labute approximate surface area is 105 Å². The molecule has 0 aliphatic heterocycles. The molecular formula is C7H9NaO3S2. The van der Waals surface area contributed by atoms with E-state index in [1.807, 2.05) is 0 Å². The van der Waals surface area contributed by atoms with Crippen LogP contribution in [0.1, 0.15) is 0 Å². The Kier molecular flexibility index (Phi) is 5.58. The van der Waals surface area contributed by atoms with Crippen LogP contribution in [0, 0.1) is 0 Å². The van der Waals surface area contributed by atoms with Crippen molar-refractivity contribution >= 4 is 52.3 Å². The molecule has 0 fully saturated rings. The normalized spacial score (nSPS) is 10.6. The number of thiol groups is 1. The van der Waals surface area contributed by atoms with E-state index in [0.717, 1.165) is 7.11 Å². The molecule has 0 radical (unpaired) electrons. The summed E-state index contributed by atoms with van der Waals surface area (Å²) in [4.78, 5) is 0.854. The van der Waals surface area contributed by atoms with E-state index in [9.17, 15) is 8.42 Å². The van der Waals surface area contributed by atoms with E-state index < -0.39 is 10.1 Å². The molecule has 3 nitrogen and oxygen atoms in total. The molecule has 0 saturated heterocycles. The summed E-state index contributed by atoms with van der Waals surface area (Å²) in [5.41, 5.74) is 0. The van der Waals surface area contributed by atoms with E-state index in [0.29, 0.717) is 4.90 Å². The first-order chi connectivity index (χ1) is 5.56. The van der Waals surface area contributed by atoms with Crippen LogP contribution < -0.4 is 0 Å². The van der Waals surface area contributed by atoms with Crippen molar-refractivity contribution in [3.05, 3.63) is 24.3 Å². The second-order valence-electron chi connectivity index (χ2n) is 2.11. The van der Waals surface area contributed by atoms with E-state index in [1.165, 1.54) is 12.1 Å². The van der Waals surface area contributed by atoms with Crippen molar-refractivity contribution < 1.29 is 12.6 Å². The van der Waals surface area contributed by atoms with Gasteiger partial charge in [0.25, 0.3) is 10.1 Å². The summed E-state index contributed by atoms with van der Waals surface area (Å²) in [6.07, 6.45) is 0. The van der Waals surface area contributed by atoms with Crippen LogP contribution in [0.4, 0.5) is 0 Å². The zero-order valence-corrected chi connectivity index (χ0v) is 8.10. The summed E-state index contributed by atoms with van der Waals surface area (Å²) in [5, 5.41) is 0. The van der Waals surface area contributed by atoms with Crippen LogP contribution in [0.5, 0.6) is 0 Å². The number of hydrogen-bond donors (Lipinski definition) is 1. The van der Waals surface area contributed by atoms with E-state index in [4.69, 9.17) is 0 Å². The molecule has 0 atom stereocenters. The van der Waals surface area contributed by atoms with E-state index in [-0.39, 0.29) is 34.5 Å². The maximum atomic E-state index is 11.1. The fourth-order valence-corrected chi connectivity index (χ4v) is 1.52. The predicted octanol–water partition coefficient (Wildman–Crippen LogP) is 0.662. The Hall–Kier alpha value is 0.480. The van der Waals surface area contributed by atoms with Gasteiger partial charge in [0.1, 0.15) is 0 Å². The number of hydrogen-bond acceptors (Lipinski definition) is 4. The second kappa shape index (κ2) is 5.38. The summed E-state index contributed by atoms with van der Waals surface area (Å²) in [5.74, 6) is 0. The first-order valence-electron chi connectivity index (χ1n) is 3.16. The van der Waals surface area contributed by atoms with Crippen LogP contribution >= 0.6 is 12.6 Å². The molecular weight excluding hydrogens is 219 g/mol. The van der Waals surface area contributed by atoms with Gasteiger partial charge in [-0.2, -0.15) is 8.42 Å². The van der Waals surface area contributed by atoms with Crippen molar-refractivity contribution in [2.24, 2.45) is 0 Å². The zero-order valence-electron chi connectivity index (χ0n) is 6.39. The molecule has 1 aromatic rings. The van der Waals surface area contributed by atoms with E-state index in [2.05, 4.69) is 16.8 Å². The number of benzene rings is 1. The van der Waals surface area contributed by atoms with Gasteiger partial charge in [-0.1, -0.05) is 0 Å². The van der Waals surface area contributed by atoms with Gasteiger partial charge in [-0.05, 0) is 24.3 Å². The quantitative estimate of drug-likeness (QED) is 0.459. The molecule has 0 saturated carbocycles. The summed E-state index contributed by atoms with van der Waals surface area (Å²) in [6.45, 7) is 0. The Morgan fingerprint density at radius 2 is 1.69 bits per heavy atom. The average Bonchev–Trinajstić information content (AvgIpc) is 2.05. The first kappa shape index (κ1) is 13.5. The van der Waals surface area contributed by atoms with Crippen LogP contribution in [-0.2, 0) is 14.3 Å². The molecule has 0 aromatic heterocycles. The molecule has 0 N–H and O–H groups in total. The van der Waals surface area contributed by atoms with Gasteiger partial charge in [0.2, 0.25) is 0 Å². The topological polar surface area (TPSA) is 43.4 Å². The molecule has 0 aliphatic carbocycles. The van der Waals surface area contributed by atoms with Gasteiger partial charge in [0, 0.05) is 4.90 Å². The maximum absolute atomic E-state index is 11.1. The van der Waals surface area contributed by atoms with Crippen molar-refractivity contribution in [2.45, 2.75) is 9.79 Å². The molecule has 1 rings (SSSR count). The summed E-state index contributed by atoms with van der Waals surface area (Å²) in [6, 6.07) is 6.08. The van der Waals surface area contributed by atoms with E-state index in [1.54, 1.807) is 12.1 Å². The Bertz CT molecular complexity index is 358. The minimum atomic E-state index is -3.55. The zero-order chi connectivity index (χ0) is 9.19. The molecule has 0 unspecified atom stereocenters. The number of rotatable bonds is 2. The van der Waals surface area contributed by atoms with Gasteiger partial charge in [0.05, 0.1) is 12.0 Å². The molecule has 0 spiro atoms. The fraction of sp³-hybridized carbons (Fsp3) is 0.143. The molecule has 13 heavy (non-hydrogen) atoms. The molecule has 0 aliphatic rings. The van der Waals surface area contributed by atoms with Crippen molar-refractivity contribution in [1.29, 1.82) is 0 Å². The SMILES string of the molecule is COS(=O)(=O)c1ccc(S)cc1.[NaH]. The van der Waals surface area contributed by atoms with Gasteiger partial charge in [-0.25, -0.2) is 0 Å². The summed E-state index contributed by atoms with van der Waals surface area (Å²) < 4.78 is 26.4. The fourth-order valence-electron chi connectivity index (χ4n) is 0.709. The Balaban J connectivity index is 0.00000144. The molecule has 0 bridgehead atoms. The first-order valence-corrected chi connectivity index (χ1v) is 5.01. The van der Waals surface area contributed by atoms with Crippen molar-refractivity contribution in [3.63, 3.8) is 0 Å². The standard InChI is InChI=1S/C7H8O3S2.Na.H/c1-10-12(8,9)7-4-2-6(11)3-5-7;;/h2-5,11H,1H3;;. The van der Waals surface area contributed by atoms with Crippen LogP contribution in [0.25, 0.3) is 0 Å². The van der Waals surface area contributed by atoms with Gasteiger partial charge in [-0.3, -0.25) is 4.18 Å². The molecule has 6 heteroatoms. The van der Waals surface area contributed by atoms with Crippen LogP contribution in [0.3, 0.4) is 0 Å². The molecule has 0 amide bonds. The Morgan fingerprint density at radius 3 is 2.08 bits per heavy atom. The molecule has 68 valence electrons. The van der Waals surface area contributed by atoms with Crippen molar-refractivity contribution in [3.8, 4) is 0 Å². The average molecular weight is 228 g/mol. The van der Waals surface area contributed by atoms with Crippen molar-refractivity contribution in [1.82, 2.24) is 0 Å². The summed E-state index contributed by atoms with van der Waals surface area (Å²) in [7, 11) is -2.42. The second-order valence-corrected chi connectivity index (χ2v) is 4.34. The van der Waals surface area contributed by atoms with E-state index >= 15 is 0 Å².